The maximum absolute atomic E-state index is 6.53. The topological polar surface area (TPSA) is 30.5 Å². The van der Waals surface area contributed by atoms with Crippen LogP contribution in [-0.2, 0) is 0 Å². The number of hydrogen-bond donors (Lipinski definition) is 1. The molecule has 4 heteroatoms. The lowest BCUT2D eigenvalue weighted by atomic mass is 9.75. The van der Waals surface area contributed by atoms with Crippen molar-refractivity contribution in [1.29, 1.82) is 0 Å². The molecular formula is C17H24ClNO2. The minimum absolute atomic E-state index is 0.255. The van der Waals surface area contributed by atoms with Crippen LogP contribution in [-0.4, -0.2) is 20.3 Å². The van der Waals surface area contributed by atoms with Gasteiger partial charge in [-0.05, 0) is 42.9 Å². The molecule has 0 saturated heterocycles. The van der Waals surface area contributed by atoms with Crippen LogP contribution in [0.5, 0.6) is 11.5 Å². The molecule has 1 aromatic carbocycles. The van der Waals surface area contributed by atoms with Crippen molar-refractivity contribution in [2.75, 3.05) is 20.3 Å². The third-order valence-corrected chi connectivity index (χ3v) is 5.38. The van der Waals surface area contributed by atoms with Crippen LogP contribution in [0.1, 0.15) is 44.7 Å². The van der Waals surface area contributed by atoms with Crippen molar-refractivity contribution < 1.29 is 9.47 Å². The molecule has 1 fully saturated rings. The fourth-order valence-corrected chi connectivity index (χ4v) is 4.13. The van der Waals surface area contributed by atoms with Gasteiger partial charge in [-0.2, -0.15) is 0 Å². The van der Waals surface area contributed by atoms with E-state index in [-0.39, 0.29) is 6.04 Å². The summed E-state index contributed by atoms with van der Waals surface area (Å²) in [6, 6.07) is 4.22. The van der Waals surface area contributed by atoms with E-state index in [2.05, 4.69) is 25.2 Å². The van der Waals surface area contributed by atoms with Gasteiger partial charge >= 0.3 is 0 Å². The van der Waals surface area contributed by atoms with Gasteiger partial charge in [-0.3, -0.25) is 0 Å². The van der Waals surface area contributed by atoms with E-state index in [1.54, 1.807) is 0 Å². The zero-order valence-corrected chi connectivity index (χ0v) is 13.8. The minimum atomic E-state index is 0.255. The number of hydrogen-bond acceptors (Lipinski definition) is 3. The lowest BCUT2D eigenvalue weighted by Crippen LogP contribution is -2.32. The molecule has 0 amide bonds. The van der Waals surface area contributed by atoms with Crippen LogP contribution in [0.4, 0.5) is 0 Å². The Balaban J connectivity index is 1.97. The lowest BCUT2D eigenvalue weighted by molar-refractivity contribution is 0.170. The molecule has 2 aliphatic rings. The van der Waals surface area contributed by atoms with Crippen molar-refractivity contribution in [2.45, 2.75) is 39.2 Å². The van der Waals surface area contributed by atoms with E-state index in [1.807, 2.05) is 13.1 Å². The first kappa shape index (κ1) is 15.0. The van der Waals surface area contributed by atoms with Crippen molar-refractivity contribution in [3.05, 3.63) is 22.7 Å². The molecule has 1 aliphatic heterocycles. The molecule has 1 heterocycles. The van der Waals surface area contributed by atoms with Crippen LogP contribution < -0.4 is 14.8 Å². The standard InChI is InChI=1S/C17H24ClNO2/c1-17(2)6-4-5-12(17)16(19-3)11-9-14-15(10-13(11)18)21-8-7-20-14/h9-10,12,16,19H,4-8H2,1-3H3. The first-order valence-electron chi connectivity index (χ1n) is 7.79. The summed E-state index contributed by atoms with van der Waals surface area (Å²) in [5, 5.41) is 4.25. The summed E-state index contributed by atoms with van der Waals surface area (Å²) in [4.78, 5) is 0. The van der Waals surface area contributed by atoms with Crippen LogP contribution in [0.2, 0.25) is 5.02 Å². The van der Waals surface area contributed by atoms with Gasteiger partial charge in [0.1, 0.15) is 13.2 Å². The monoisotopic (exact) mass is 309 g/mol. The van der Waals surface area contributed by atoms with E-state index in [0.717, 1.165) is 22.1 Å². The van der Waals surface area contributed by atoms with Crippen LogP contribution in [0, 0.1) is 11.3 Å². The molecule has 21 heavy (non-hydrogen) atoms. The SMILES string of the molecule is CNC(c1cc2c(cc1Cl)OCCO2)C1CCCC1(C)C. The largest absolute Gasteiger partial charge is 0.486 e. The maximum atomic E-state index is 6.53. The molecule has 0 bridgehead atoms. The van der Waals surface area contributed by atoms with Gasteiger partial charge in [0.05, 0.1) is 0 Å². The molecule has 1 saturated carbocycles. The predicted molar refractivity (Wildman–Crippen MR) is 85.4 cm³/mol. The first-order valence-corrected chi connectivity index (χ1v) is 8.17. The Labute approximate surface area is 132 Å². The van der Waals surface area contributed by atoms with E-state index in [1.165, 1.54) is 19.3 Å². The van der Waals surface area contributed by atoms with Gasteiger partial charge in [-0.1, -0.05) is 31.9 Å². The number of nitrogens with one attached hydrogen (secondary N) is 1. The van der Waals surface area contributed by atoms with Crippen molar-refractivity contribution >= 4 is 11.6 Å². The lowest BCUT2D eigenvalue weighted by Gasteiger charge is -2.35. The fourth-order valence-electron chi connectivity index (χ4n) is 3.86. The molecule has 116 valence electrons. The Morgan fingerprint density at radius 2 is 1.90 bits per heavy atom. The average molecular weight is 310 g/mol. The van der Waals surface area contributed by atoms with Gasteiger partial charge in [-0.15, -0.1) is 0 Å². The maximum Gasteiger partial charge on any atom is 0.162 e. The summed E-state index contributed by atoms with van der Waals surface area (Å²) >= 11 is 6.53. The fraction of sp³-hybridized carbons (Fsp3) is 0.647. The second-order valence-corrected chi connectivity index (χ2v) is 7.18. The highest BCUT2D eigenvalue weighted by Crippen LogP contribution is 2.50. The third-order valence-electron chi connectivity index (χ3n) is 5.05. The zero-order chi connectivity index (χ0) is 15.0. The van der Waals surface area contributed by atoms with E-state index in [4.69, 9.17) is 21.1 Å². The summed E-state index contributed by atoms with van der Waals surface area (Å²) in [6.45, 7) is 5.92. The summed E-state index contributed by atoms with van der Waals surface area (Å²) in [6.07, 6.45) is 3.80. The van der Waals surface area contributed by atoms with Gasteiger partial charge in [0.2, 0.25) is 0 Å². The Bertz CT molecular complexity index is 530. The first-order chi connectivity index (χ1) is 10.0. The molecule has 1 aromatic rings. The molecule has 0 radical (unpaired) electrons. The summed E-state index contributed by atoms with van der Waals surface area (Å²) < 4.78 is 11.3. The Morgan fingerprint density at radius 1 is 1.24 bits per heavy atom. The predicted octanol–water partition coefficient (Wildman–Crippen LogP) is 4.20. The molecule has 3 nitrogen and oxygen atoms in total. The second kappa shape index (κ2) is 5.69. The molecular weight excluding hydrogens is 286 g/mol. The molecule has 3 rings (SSSR count). The summed E-state index contributed by atoms with van der Waals surface area (Å²) in [7, 11) is 2.02. The Kier molecular flexibility index (Phi) is 4.06. The van der Waals surface area contributed by atoms with E-state index >= 15 is 0 Å². The van der Waals surface area contributed by atoms with Crippen LogP contribution in [0.15, 0.2) is 12.1 Å². The van der Waals surface area contributed by atoms with Gasteiger partial charge in [0.15, 0.2) is 11.5 Å². The minimum Gasteiger partial charge on any atom is -0.486 e. The number of fused-ring (bicyclic) bond motifs is 1. The second-order valence-electron chi connectivity index (χ2n) is 6.77. The zero-order valence-electron chi connectivity index (χ0n) is 13.0. The van der Waals surface area contributed by atoms with Crippen molar-refractivity contribution in [3.8, 4) is 11.5 Å². The average Bonchev–Trinajstić information content (AvgIpc) is 2.80. The summed E-state index contributed by atoms with van der Waals surface area (Å²) in [5.41, 5.74) is 1.47. The van der Waals surface area contributed by atoms with Crippen LogP contribution in [0.3, 0.4) is 0 Å². The molecule has 2 unspecified atom stereocenters. The third kappa shape index (κ3) is 2.74. The van der Waals surface area contributed by atoms with E-state index < -0.39 is 0 Å². The molecule has 2 atom stereocenters. The molecule has 1 aliphatic carbocycles. The highest BCUT2D eigenvalue weighted by Gasteiger charge is 2.40. The van der Waals surface area contributed by atoms with Crippen LogP contribution in [0.25, 0.3) is 0 Å². The van der Waals surface area contributed by atoms with Crippen molar-refractivity contribution in [2.24, 2.45) is 11.3 Å². The van der Waals surface area contributed by atoms with E-state index in [9.17, 15) is 0 Å². The van der Waals surface area contributed by atoms with E-state index in [0.29, 0.717) is 24.5 Å². The van der Waals surface area contributed by atoms with Gasteiger partial charge < -0.3 is 14.8 Å². The van der Waals surface area contributed by atoms with Crippen LogP contribution >= 0.6 is 11.6 Å². The number of benzene rings is 1. The smallest absolute Gasteiger partial charge is 0.162 e. The summed E-state index contributed by atoms with van der Waals surface area (Å²) in [5.74, 6) is 2.16. The highest BCUT2D eigenvalue weighted by molar-refractivity contribution is 6.31. The highest BCUT2D eigenvalue weighted by atomic mass is 35.5. The molecule has 0 spiro atoms. The number of rotatable bonds is 3. The number of halogens is 1. The molecule has 1 N–H and O–H groups in total. The molecule has 0 aromatic heterocycles. The van der Waals surface area contributed by atoms with Gasteiger partial charge in [0.25, 0.3) is 0 Å². The van der Waals surface area contributed by atoms with Crippen molar-refractivity contribution in [1.82, 2.24) is 5.32 Å². The van der Waals surface area contributed by atoms with Gasteiger partial charge in [-0.25, -0.2) is 0 Å². The Hall–Kier alpha value is -0.930. The number of ether oxygens (including phenoxy) is 2. The normalized spacial score (nSPS) is 24.9. The van der Waals surface area contributed by atoms with Gasteiger partial charge in [0, 0.05) is 17.1 Å². The van der Waals surface area contributed by atoms with Crippen molar-refractivity contribution in [3.63, 3.8) is 0 Å². The Morgan fingerprint density at radius 3 is 2.48 bits per heavy atom. The quantitative estimate of drug-likeness (QED) is 0.908.